The summed E-state index contributed by atoms with van der Waals surface area (Å²) in [6, 6.07) is 3.57. The highest BCUT2D eigenvalue weighted by Crippen LogP contribution is 2.31. The van der Waals surface area contributed by atoms with Crippen molar-refractivity contribution in [3.63, 3.8) is 0 Å². The van der Waals surface area contributed by atoms with E-state index in [1.807, 2.05) is 20.0 Å². The number of morpholine rings is 1. The molecule has 1 atom stereocenters. The number of carbonyl (C=O) groups excluding carboxylic acids is 1. The monoisotopic (exact) mass is 342 g/mol. The van der Waals surface area contributed by atoms with Gasteiger partial charge in [-0.15, -0.1) is 0 Å². The van der Waals surface area contributed by atoms with E-state index >= 15 is 0 Å². The molecular weight excluding hydrogens is 320 g/mol. The van der Waals surface area contributed by atoms with E-state index in [0.717, 1.165) is 37.2 Å². The van der Waals surface area contributed by atoms with Gasteiger partial charge in [-0.2, -0.15) is 0 Å². The number of pyridine rings is 1. The van der Waals surface area contributed by atoms with E-state index in [1.165, 1.54) is 0 Å². The molecule has 7 nitrogen and oxygen atoms in total. The number of hydrogen-bond acceptors (Lipinski definition) is 5. The van der Waals surface area contributed by atoms with Crippen LogP contribution in [-0.4, -0.2) is 60.1 Å². The number of amides is 1. The van der Waals surface area contributed by atoms with E-state index in [-0.39, 0.29) is 17.4 Å². The smallest absolute Gasteiger partial charge is 0.259 e. The van der Waals surface area contributed by atoms with Crippen molar-refractivity contribution in [1.29, 1.82) is 0 Å². The van der Waals surface area contributed by atoms with Gasteiger partial charge in [0.25, 0.3) is 5.56 Å². The average Bonchev–Trinajstić information content (AvgIpc) is 2.95. The quantitative estimate of drug-likeness (QED) is 0.807. The third-order valence-electron chi connectivity index (χ3n) is 5.05. The minimum Gasteiger partial charge on any atom is -0.378 e. The minimum absolute atomic E-state index is 0.0959. The molecule has 0 N–H and O–H groups in total. The van der Waals surface area contributed by atoms with Gasteiger partial charge in [0.15, 0.2) is 0 Å². The molecule has 0 aromatic carbocycles. The van der Waals surface area contributed by atoms with Crippen molar-refractivity contribution >= 4 is 17.4 Å². The van der Waals surface area contributed by atoms with Gasteiger partial charge in [0.1, 0.15) is 11.5 Å². The Morgan fingerprint density at radius 3 is 2.60 bits per heavy atom. The second kappa shape index (κ2) is 6.15. The van der Waals surface area contributed by atoms with E-state index in [0.29, 0.717) is 24.7 Å². The van der Waals surface area contributed by atoms with Crippen molar-refractivity contribution < 1.29 is 9.53 Å². The van der Waals surface area contributed by atoms with Gasteiger partial charge in [-0.25, -0.2) is 4.98 Å². The van der Waals surface area contributed by atoms with Crippen molar-refractivity contribution in [2.24, 2.45) is 0 Å². The molecule has 1 amide bonds. The highest BCUT2D eigenvalue weighted by atomic mass is 16.5. The second-order valence-electron chi connectivity index (χ2n) is 6.82. The van der Waals surface area contributed by atoms with E-state index in [1.54, 1.807) is 21.6 Å². The van der Waals surface area contributed by atoms with Crippen LogP contribution in [0.4, 0.5) is 5.82 Å². The maximum Gasteiger partial charge on any atom is 0.259 e. The third kappa shape index (κ3) is 2.78. The lowest BCUT2D eigenvalue weighted by Crippen LogP contribution is -2.37. The zero-order valence-corrected chi connectivity index (χ0v) is 14.6. The van der Waals surface area contributed by atoms with E-state index in [4.69, 9.17) is 9.72 Å². The number of likely N-dealkylation sites (tertiary alicyclic amines) is 1. The first kappa shape index (κ1) is 16.1. The number of anilines is 1. The molecule has 0 saturated carbocycles. The first-order valence-corrected chi connectivity index (χ1v) is 8.66. The van der Waals surface area contributed by atoms with Crippen LogP contribution in [0.25, 0.3) is 5.65 Å². The Bertz CT molecular complexity index is 886. The molecule has 7 heteroatoms. The summed E-state index contributed by atoms with van der Waals surface area (Å²) < 4.78 is 6.95. The fraction of sp³-hybridized carbons (Fsp3) is 0.500. The molecule has 0 spiro atoms. The molecule has 4 rings (SSSR count). The number of hydrogen-bond donors (Lipinski definition) is 0. The van der Waals surface area contributed by atoms with Crippen LogP contribution in [0.15, 0.2) is 23.1 Å². The first-order chi connectivity index (χ1) is 12.0. The lowest BCUT2D eigenvalue weighted by molar-refractivity contribution is -0.127. The van der Waals surface area contributed by atoms with Crippen LogP contribution in [0.5, 0.6) is 0 Å². The van der Waals surface area contributed by atoms with E-state index in [2.05, 4.69) is 4.90 Å². The van der Waals surface area contributed by atoms with Crippen LogP contribution in [-0.2, 0) is 9.53 Å². The summed E-state index contributed by atoms with van der Waals surface area (Å²) in [7, 11) is 1.82. The Morgan fingerprint density at radius 2 is 1.92 bits per heavy atom. The van der Waals surface area contributed by atoms with Crippen LogP contribution >= 0.6 is 0 Å². The second-order valence-corrected chi connectivity index (χ2v) is 6.82. The fourth-order valence-corrected chi connectivity index (χ4v) is 3.68. The number of carbonyl (C=O) groups is 1. The lowest BCUT2D eigenvalue weighted by Gasteiger charge is -2.28. The fourth-order valence-electron chi connectivity index (χ4n) is 3.68. The van der Waals surface area contributed by atoms with Crippen molar-refractivity contribution in [3.8, 4) is 0 Å². The minimum atomic E-state index is -0.230. The van der Waals surface area contributed by atoms with E-state index < -0.39 is 0 Å². The zero-order chi connectivity index (χ0) is 17.6. The molecule has 4 heterocycles. The first-order valence-electron chi connectivity index (χ1n) is 8.66. The molecule has 2 fully saturated rings. The van der Waals surface area contributed by atoms with Gasteiger partial charge in [0.2, 0.25) is 5.91 Å². The molecule has 0 aliphatic carbocycles. The summed E-state index contributed by atoms with van der Waals surface area (Å²) in [5.41, 5.74) is 2.28. The molecular formula is C18H22N4O3. The van der Waals surface area contributed by atoms with Crippen molar-refractivity contribution in [1.82, 2.24) is 14.3 Å². The normalized spacial score (nSPS) is 21.4. The number of ether oxygens (including phenoxy) is 1. The molecule has 2 aromatic rings. The Morgan fingerprint density at radius 1 is 1.16 bits per heavy atom. The van der Waals surface area contributed by atoms with Gasteiger partial charge < -0.3 is 14.5 Å². The number of likely N-dealkylation sites (N-methyl/N-ethyl adjacent to an activating group) is 1. The Kier molecular flexibility index (Phi) is 3.95. The summed E-state index contributed by atoms with van der Waals surface area (Å²) in [6.45, 7) is 5.37. The predicted molar refractivity (Wildman–Crippen MR) is 94.2 cm³/mol. The Balaban J connectivity index is 1.88. The lowest BCUT2D eigenvalue weighted by atomic mass is 9.97. The Hall–Kier alpha value is -2.41. The van der Waals surface area contributed by atoms with Gasteiger partial charge in [0.05, 0.1) is 19.1 Å². The summed E-state index contributed by atoms with van der Waals surface area (Å²) in [5, 5.41) is 0. The number of aryl methyl sites for hydroxylation is 1. The highest BCUT2D eigenvalue weighted by Gasteiger charge is 2.32. The largest absolute Gasteiger partial charge is 0.378 e. The van der Waals surface area contributed by atoms with E-state index in [9.17, 15) is 9.59 Å². The maximum absolute atomic E-state index is 12.7. The molecule has 2 aromatic heterocycles. The van der Waals surface area contributed by atoms with Gasteiger partial charge in [0, 0.05) is 44.5 Å². The molecule has 2 aliphatic heterocycles. The number of fused-ring (bicyclic) bond motifs is 1. The van der Waals surface area contributed by atoms with Crippen LogP contribution in [0.2, 0.25) is 0 Å². The predicted octanol–water partition coefficient (Wildman–Crippen LogP) is 0.785. The molecule has 0 radical (unpaired) electrons. The van der Waals surface area contributed by atoms with Crippen LogP contribution in [0, 0.1) is 6.92 Å². The van der Waals surface area contributed by atoms with Gasteiger partial charge in [-0.3, -0.25) is 14.0 Å². The molecule has 0 bridgehead atoms. The molecule has 132 valence electrons. The van der Waals surface area contributed by atoms with Crippen LogP contribution in [0.1, 0.15) is 23.5 Å². The van der Waals surface area contributed by atoms with Crippen molar-refractivity contribution in [2.75, 3.05) is 44.8 Å². The van der Waals surface area contributed by atoms with Crippen molar-refractivity contribution in [2.45, 2.75) is 19.3 Å². The molecule has 1 unspecified atom stereocenters. The number of rotatable bonds is 2. The SMILES string of the molecule is Cc1cc(C2CCN(C)C2=O)c2nc(N3CCOCC3)cc(=O)n2c1. The van der Waals surface area contributed by atoms with Gasteiger partial charge >= 0.3 is 0 Å². The topological polar surface area (TPSA) is 67.2 Å². The maximum atomic E-state index is 12.7. The third-order valence-corrected chi connectivity index (χ3v) is 5.05. The van der Waals surface area contributed by atoms with Gasteiger partial charge in [-0.05, 0) is 18.9 Å². The Labute approximate surface area is 145 Å². The summed E-state index contributed by atoms with van der Waals surface area (Å²) in [4.78, 5) is 33.8. The molecule has 2 saturated heterocycles. The highest BCUT2D eigenvalue weighted by molar-refractivity contribution is 5.87. The number of aromatic nitrogens is 2. The summed E-state index contributed by atoms with van der Waals surface area (Å²) in [5.74, 6) is 0.530. The van der Waals surface area contributed by atoms with Gasteiger partial charge in [-0.1, -0.05) is 6.07 Å². The van der Waals surface area contributed by atoms with Crippen LogP contribution < -0.4 is 10.5 Å². The molecule has 2 aliphatic rings. The molecule has 25 heavy (non-hydrogen) atoms. The zero-order valence-electron chi connectivity index (χ0n) is 14.6. The summed E-state index contributed by atoms with van der Waals surface area (Å²) >= 11 is 0. The number of nitrogens with zero attached hydrogens (tertiary/aromatic N) is 4. The van der Waals surface area contributed by atoms with Crippen molar-refractivity contribution in [3.05, 3.63) is 39.8 Å². The average molecular weight is 342 g/mol. The standard InChI is InChI=1S/C18H22N4O3/c1-12-9-14(13-3-4-20(2)18(13)24)17-19-15(10-16(23)22(17)11-12)21-5-7-25-8-6-21/h9-11,13H,3-8H2,1-2H3. The van der Waals surface area contributed by atoms with Crippen LogP contribution in [0.3, 0.4) is 0 Å². The summed E-state index contributed by atoms with van der Waals surface area (Å²) in [6.07, 6.45) is 2.55.